The molecule has 10 heteroatoms. The van der Waals surface area contributed by atoms with Crippen LogP contribution in [0.4, 0.5) is 0 Å². The van der Waals surface area contributed by atoms with Crippen molar-refractivity contribution in [1.82, 2.24) is 19.2 Å². The van der Waals surface area contributed by atoms with E-state index in [9.17, 15) is 8.42 Å². The second kappa shape index (κ2) is 8.21. The van der Waals surface area contributed by atoms with E-state index in [2.05, 4.69) is 10.00 Å². The Kier molecular flexibility index (Phi) is 6.32. The molecule has 0 aliphatic carbocycles. The topological polar surface area (TPSA) is 60.1 Å². The minimum atomic E-state index is -2.89. The van der Waals surface area contributed by atoms with Crippen LogP contribution in [-0.4, -0.2) is 46.2 Å². The molecule has 2 aromatic rings. The molecule has 0 N–H and O–H groups in total. The first-order valence-corrected chi connectivity index (χ1v) is 11.6. The highest BCUT2D eigenvalue weighted by Gasteiger charge is 2.29. The average molecular weight is 449 g/mol. The number of benzene rings is 1. The van der Waals surface area contributed by atoms with Gasteiger partial charge in [0.2, 0.25) is 0 Å². The molecule has 1 aromatic heterocycles. The van der Waals surface area contributed by atoms with Gasteiger partial charge in [-0.3, -0.25) is 4.90 Å². The van der Waals surface area contributed by atoms with E-state index in [1.165, 1.54) is 0 Å². The van der Waals surface area contributed by atoms with Gasteiger partial charge >= 0.3 is 0 Å². The van der Waals surface area contributed by atoms with Crippen LogP contribution in [0.3, 0.4) is 0 Å². The summed E-state index contributed by atoms with van der Waals surface area (Å²) in [5.41, 5.74) is 1.05. The predicted octanol–water partition coefficient (Wildman–Crippen LogP) is 3.32. The number of aromatic nitrogens is 3. The molecule has 1 aliphatic heterocycles. The van der Waals surface area contributed by atoms with E-state index < -0.39 is 9.84 Å². The Bertz CT molecular complexity index is 1000. The molecule has 1 fully saturated rings. The van der Waals surface area contributed by atoms with Crippen LogP contribution >= 0.6 is 35.4 Å². The smallest absolute Gasteiger partial charge is 0.198 e. The summed E-state index contributed by atoms with van der Waals surface area (Å²) < 4.78 is 27.6. The van der Waals surface area contributed by atoms with Crippen LogP contribution in [-0.2, 0) is 36.5 Å². The second-order valence-electron chi connectivity index (χ2n) is 7.13. The molecule has 0 unspecified atom stereocenters. The zero-order chi connectivity index (χ0) is 19.8. The fraction of sp³-hybridized carbons (Fsp3) is 0.529. The third-order valence-electron chi connectivity index (χ3n) is 4.74. The molecule has 0 spiro atoms. The van der Waals surface area contributed by atoms with Crippen molar-refractivity contribution in [2.24, 2.45) is 13.0 Å². The number of halogens is 2. The Hall–Kier alpha value is -0.930. The van der Waals surface area contributed by atoms with Crippen LogP contribution in [0, 0.1) is 10.7 Å². The van der Waals surface area contributed by atoms with E-state index in [-0.39, 0.29) is 17.4 Å². The van der Waals surface area contributed by atoms with Crippen molar-refractivity contribution in [3.8, 4) is 0 Å². The van der Waals surface area contributed by atoms with E-state index in [0.717, 1.165) is 11.4 Å². The third-order valence-corrected chi connectivity index (χ3v) is 7.80. The van der Waals surface area contributed by atoms with Crippen molar-refractivity contribution in [2.45, 2.75) is 26.1 Å². The maximum absolute atomic E-state index is 11.7. The molecular weight excluding hydrogens is 427 g/mol. The molecule has 0 radical (unpaired) electrons. The Labute approximate surface area is 174 Å². The zero-order valence-corrected chi connectivity index (χ0v) is 18.4. The molecule has 2 heterocycles. The van der Waals surface area contributed by atoms with Gasteiger partial charge in [-0.05, 0) is 49.3 Å². The number of hydrogen-bond donors (Lipinski definition) is 0. The number of rotatable bonds is 6. The molecule has 1 aliphatic rings. The van der Waals surface area contributed by atoms with Crippen LogP contribution in [0.15, 0.2) is 18.2 Å². The van der Waals surface area contributed by atoms with Crippen LogP contribution in [0.1, 0.15) is 17.8 Å². The highest BCUT2D eigenvalue weighted by Crippen LogP contribution is 2.24. The van der Waals surface area contributed by atoms with E-state index in [1.54, 1.807) is 10.7 Å². The average Bonchev–Trinajstić information content (AvgIpc) is 3.05. The van der Waals surface area contributed by atoms with E-state index in [4.69, 9.17) is 35.4 Å². The fourth-order valence-corrected chi connectivity index (χ4v) is 5.71. The summed E-state index contributed by atoms with van der Waals surface area (Å²) in [7, 11) is 0.963. The molecule has 1 aromatic carbocycles. The van der Waals surface area contributed by atoms with Crippen LogP contribution in [0.2, 0.25) is 10.0 Å². The van der Waals surface area contributed by atoms with Crippen LogP contribution in [0.5, 0.6) is 0 Å². The summed E-state index contributed by atoms with van der Waals surface area (Å²) >= 11 is 17.5. The van der Waals surface area contributed by atoms with Crippen LogP contribution < -0.4 is 0 Å². The molecule has 148 valence electrons. The van der Waals surface area contributed by atoms with Gasteiger partial charge in [-0.2, -0.15) is 5.10 Å². The van der Waals surface area contributed by atoms with Gasteiger partial charge in [0.1, 0.15) is 5.82 Å². The Morgan fingerprint density at radius 2 is 2.07 bits per heavy atom. The molecule has 1 atom stereocenters. The normalized spacial score (nSPS) is 19.1. The summed E-state index contributed by atoms with van der Waals surface area (Å²) in [6.07, 6.45) is 1.32. The lowest BCUT2D eigenvalue weighted by atomic mass is 10.1. The Balaban J connectivity index is 1.68. The monoisotopic (exact) mass is 448 g/mol. The Morgan fingerprint density at radius 1 is 1.33 bits per heavy atom. The maximum Gasteiger partial charge on any atom is 0.198 e. The molecule has 0 amide bonds. The van der Waals surface area contributed by atoms with Crippen molar-refractivity contribution < 1.29 is 8.42 Å². The zero-order valence-electron chi connectivity index (χ0n) is 15.2. The van der Waals surface area contributed by atoms with Crippen molar-refractivity contribution in [3.05, 3.63) is 44.4 Å². The van der Waals surface area contributed by atoms with E-state index in [1.807, 2.05) is 30.8 Å². The van der Waals surface area contributed by atoms with Gasteiger partial charge in [0, 0.05) is 20.0 Å². The summed E-state index contributed by atoms with van der Waals surface area (Å²) in [4.78, 5) is 2.08. The summed E-state index contributed by atoms with van der Waals surface area (Å²) in [6, 6.07) is 5.58. The van der Waals surface area contributed by atoms with Crippen molar-refractivity contribution in [2.75, 3.05) is 18.6 Å². The summed E-state index contributed by atoms with van der Waals surface area (Å²) in [6.45, 7) is 1.20. The predicted molar refractivity (Wildman–Crippen MR) is 110 cm³/mol. The minimum Gasteiger partial charge on any atom is -0.307 e. The lowest BCUT2D eigenvalue weighted by molar-refractivity contribution is 0.243. The number of nitrogens with zero attached hydrogens (tertiary/aromatic N) is 4. The minimum absolute atomic E-state index is 0.118. The fourth-order valence-electron chi connectivity index (χ4n) is 3.32. The first-order valence-electron chi connectivity index (χ1n) is 8.60. The third kappa shape index (κ3) is 5.12. The lowest BCUT2D eigenvalue weighted by Gasteiger charge is -2.16. The van der Waals surface area contributed by atoms with E-state index in [0.29, 0.717) is 40.9 Å². The number of sulfone groups is 1. The second-order valence-corrected chi connectivity index (χ2v) is 10.5. The largest absolute Gasteiger partial charge is 0.307 e. The summed E-state index contributed by atoms with van der Waals surface area (Å²) in [5, 5.41) is 5.69. The molecule has 27 heavy (non-hydrogen) atoms. The highest BCUT2D eigenvalue weighted by atomic mass is 35.5. The Morgan fingerprint density at radius 3 is 2.70 bits per heavy atom. The van der Waals surface area contributed by atoms with Crippen molar-refractivity contribution in [1.29, 1.82) is 0 Å². The SMILES string of the molecule is CN(Cc1ccc(Cl)c(Cl)c1)Cn1nc(C[C@H]2CCS(=O)(=O)C2)n(C)c1=S. The van der Waals surface area contributed by atoms with Gasteiger partial charge in [-0.25, -0.2) is 13.1 Å². The van der Waals surface area contributed by atoms with E-state index >= 15 is 0 Å². The van der Waals surface area contributed by atoms with Gasteiger partial charge < -0.3 is 4.57 Å². The van der Waals surface area contributed by atoms with Crippen molar-refractivity contribution >= 4 is 45.3 Å². The summed E-state index contributed by atoms with van der Waals surface area (Å²) in [5.74, 6) is 1.46. The molecule has 3 rings (SSSR count). The molecule has 6 nitrogen and oxygen atoms in total. The van der Waals surface area contributed by atoms with Crippen molar-refractivity contribution in [3.63, 3.8) is 0 Å². The maximum atomic E-state index is 11.7. The molecule has 0 bridgehead atoms. The first kappa shape index (κ1) is 20.8. The van der Waals surface area contributed by atoms with Gasteiger partial charge in [-0.15, -0.1) is 0 Å². The quantitative estimate of drug-likeness (QED) is 0.634. The van der Waals surface area contributed by atoms with Gasteiger partial charge in [-0.1, -0.05) is 29.3 Å². The molecule has 0 saturated carbocycles. The first-order chi connectivity index (χ1) is 12.6. The van der Waals surface area contributed by atoms with Gasteiger partial charge in [0.15, 0.2) is 14.6 Å². The van der Waals surface area contributed by atoms with Gasteiger partial charge in [0.05, 0.1) is 28.2 Å². The lowest BCUT2D eigenvalue weighted by Crippen LogP contribution is -2.22. The number of hydrogen-bond acceptors (Lipinski definition) is 5. The highest BCUT2D eigenvalue weighted by molar-refractivity contribution is 7.91. The molecular formula is C17H22Cl2N4O2S2. The van der Waals surface area contributed by atoms with Crippen LogP contribution in [0.25, 0.3) is 0 Å². The van der Waals surface area contributed by atoms with Gasteiger partial charge in [0.25, 0.3) is 0 Å². The standard InChI is InChI=1S/C17H22Cl2N4O2S2/c1-21(9-12-3-4-14(18)15(19)7-12)11-23-17(26)22(2)16(20-23)8-13-5-6-27(24,25)10-13/h3-4,7,13H,5-6,8-11H2,1-2H3/t13-/m1/s1. The molecule has 1 saturated heterocycles.